The van der Waals surface area contributed by atoms with E-state index in [0.717, 1.165) is 0 Å². The summed E-state index contributed by atoms with van der Waals surface area (Å²) in [5.41, 5.74) is 17.2. The van der Waals surface area contributed by atoms with Crippen molar-refractivity contribution in [3.05, 3.63) is 36.0 Å². The first-order valence-corrected chi connectivity index (χ1v) is 13.9. The van der Waals surface area contributed by atoms with Gasteiger partial charge in [-0.25, -0.2) is 0 Å². The highest BCUT2D eigenvalue weighted by atomic mass is 32.1. The molecule has 12 nitrogen and oxygen atoms in total. The highest BCUT2D eigenvalue weighted by Crippen LogP contribution is 2.24. The van der Waals surface area contributed by atoms with Crippen LogP contribution in [0.5, 0.6) is 0 Å². The van der Waals surface area contributed by atoms with E-state index < -0.39 is 29.7 Å². The van der Waals surface area contributed by atoms with E-state index in [9.17, 15) is 24.0 Å². The number of thiol groups is 1. The minimum Gasteiger partial charge on any atom is -0.370 e. The summed E-state index contributed by atoms with van der Waals surface area (Å²) in [4.78, 5) is 71.5. The molecular formula is C28H39N7O5S. The van der Waals surface area contributed by atoms with Crippen LogP contribution < -0.4 is 27.8 Å². The van der Waals surface area contributed by atoms with Crippen LogP contribution in [0.2, 0.25) is 0 Å². The number of hydrogen-bond donors (Lipinski definition) is 6. The lowest BCUT2D eigenvalue weighted by molar-refractivity contribution is -0.132. The number of aromatic nitrogens is 1. The van der Waals surface area contributed by atoms with Crippen LogP contribution in [0.15, 0.2) is 40.4 Å². The van der Waals surface area contributed by atoms with Crippen molar-refractivity contribution in [3.63, 3.8) is 0 Å². The summed E-state index contributed by atoms with van der Waals surface area (Å²) >= 11 is 4.37. The molecule has 0 aliphatic rings. The predicted octanol–water partition coefficient (Wildman–Crippen LogP) is 1.25. The Balaban J connectivity index is 1.94. The Morgan fingerprint density at radius 2 is 1.78 bits per heavy atom. The molecule has 13 heteroatoms. The molecule has 0 spiro atoms. The number of primary amides is 1. The van der Waals surface area contributed by atoms with E-state index in [1.165, 1.54) is 0 Å². The molecule has 1 aromatic carbocycles. The molecule has 1 aromatic heterocycles. The number of guanidine groups is 1. The van der Waals surface area contributed by atoms with E-state index >= 15 is 0 Å². The quantitative estimate of drug-likeness (QED) is 0.0521. The molecule has 0 saturated carbocycles. The van der Waals surface area contributed by atoms with E-state index in [0.29, 0.717) is 34.2 Å². The Labute approximate surface area is 244 Å². The van der Waals surface area contributed by atoms with Crippen LogP contribution in [-0.4, -0.2) is 59.4 Å². The van der Waals surface area contributed by atoms with Crippen molar-refractivity contribution >= 4 is 58.8 Å². The number of nitrogens with zero attached hydrogens (tertiary/aromatic N) is 2. The smallest absolute Gasteiger partial charge is 0.240 e. The maximum Gasteiger partial charge on any atom is 0.240 e. The third-order valence-corrected chi connectivity index (χ3v) is 6.69. The molecule has 2 atom stereocenters. The summed E-state index contributed by atoms with van der Waals surface area (Å²) in [6, 6.07) is 5.96. The maximum absolute atomic E-state index is 13.0. The number of aliphatic imine (C=N–C) groups is 1. The summed E-state index contributed by atoms with van der Waals surface area (Å²) < 4.78 is 0. The Hall–Kier alpha value is -4.00. The predicted molar refractivity (Wildman–Crippen MR) is 159 cm³/mol. The first kappa shape index (κ1) is 33.2. The van der Waals surface area contributed by atoms with Crippen molar-refractivity contribution in [2.75, 3.05) is 13.1 Å². The van der Waals surface area contributed by atoms with Gasteiger partial charge in [-0.1, -0.05) is 19.9 Å². The molecule has 0 fully saturated rings. The van der Waals surface area contributed by atoms with E-state index in [4.69, 9.17) is 17.2 Å². The monoisotopic (exact) mass is 585 g/mol. The fourth-order valence-corrected chi connectivity index (χ4v) is 4.53. The maximum atomic E-state index is 13.0. The lowest BCUT2D eigenvalue weighted by Crippen LogP contribution is -2.47. The summed E-state index contributed by atoms with van der Waals surface area (Å²) in [6.07, 6.45) is 2.31. The van der Waals surface area contributed by atoms with Crippen LogP contribution in [0, 0.1) is 11.8 Å². The number of rotatable bonds is 17. The molecule has 2 rings (SSSR count). The molecule has 0 unspecified atom stereocenters. The number of benzene rings is 1. The van der Waals surface area contributed by atoms with Gasteiger partial charge >= 0.3 is 0 Å². The number of hydrogen-bond acceptors (Lipinski definition) is 8. The van der Waals surface area contributed by atoms with Gasteiger partial charge in [0, 0.05) is 53.8 Å². The molecular weight excluding hydrogens is 546 g/mol. The molecule has 8 N–H and O–H groups in total. The Kier molecular flexibility index (Phi) is 13.2. The second kappa shape index (κ2) is 16.3. The zero-order chi connectivity index (χ0) is 30.5. The Morgan fingerprint density at radius 3 is 2.44 bits per heavy atom. The average Bonchev–Trinajstić information content (AvgIpc) is 2.91. The van der Waals surface area contributed by atoms with E-state index in [1.807, 2.05) is 13.8 Å². The zero-order valence-corrected chi connectivity index (χ0v) is 24.3. The number of carbonyl (C=O) groups is 5. The number of carbonyl (C=O) groups excluding carboxylic acids is 5. The Morgan fingerprint density at radius 1 is 1.05 bits per heavy atom. The van der Waals surface area contributed by atoms with Crippen molar-refractivity contribution in [2.24, 2.45) is 34.0 Å². The van der Waals surface area contributed by atoms with Gasteiger partial charge in [-0.2, -0.15) is 0 Å². The standard InChI is InChI=1S/C28H39N7O5S/c1-16(2)13-21(26(29)39)35-27(40)17(5-3-12-33-28(30)31)14-18(36)15-34-24(38)10-8-22(37)19-7-9-23(41)25-20(19)6-4-11-32-25/h4,6-7,9,11,16-17,21,41H,3,5,8,10,12-15H2,1-2H3,(H2,29,39)(H,34,38)(H,35,40)(H4,30,31,33)/t17-,21+/m1/s1. The number of nitrogens with two attached hydrogens (primary N) is 3. The average molecular weight is 586 g/mol. The lowest BCUT2D eigenvalue weighted by Gasteiger charge is -2.22. The molecule has 0 aliphatic carbocycles. The zero-order valence-electron chi connectivity index (χ0n) is 23.4. The van der Waals surface area contributed by atoms with Crippen molar-refractivity contribution in [1.29, 1.82) is 0 Å². The first-order chi connectivity index (χ1) is 19.4. The molecule has 41 heavy (non-hydrogen) atoms. The number of nitrogens with one attached hydrogen (secondary N) is 2. The van der Waals surface area contributed by atoms with Gasteiger partial charge in [0.05, 0.1) is 12.1 Å². The van der Waals surface area contributed by atoms with Crippen molar-refractivity contribution in [2.45, 2.75) is 63.3 Å². The number of Topliss-reactive ketones (excluding diaryl/α,β-unsaturated/α-hetero) is 2. The summed E-state index contributed by atoms with van der Waals surface area (Å²) in [6.45, 7) is 3.74. The molecule has 222 valence electrons. The molecule has 0 aliphatic heterocycles. The van der Waals surface area contributed by atoms with Gasteiger partial charge < -0.3 is 27.8 Å². The van der Waals surface area contributed by atoms with Gasteiger partial charge in [-0.15, -0.1) is 12.6 Å². The fourth-order valence-electron chi connectivity index (χ4n) is 4.27. The molecule has 3 amide bonds. The van der Waals surface area contributed by atoms with Crippen LogP contribution in [0.4, 0.5) is 0 Å². The van der Waals surface area contributed by atoms with Crippen molar-refractivity contribution in [1.82, 2.24) is 15.6 Å². The molecule has 0 saturated heterocycles. The third-order valence-electron chi connectivity index (χ3n) is 6.33. The van der Waals surface area contributed by atoms with Crippen LogP contribution in [-0.2, 0) is 19.2 Å². The fraction of sp³-hybridized carbons (Fsp3) is 0.464. The topological polar surface area (TPSA) is 213 Å². The second-order valence-electron chi connectivity index (χ2n) is 10.2. The summed E-state index contributed by atoms with van der Waals surface area (Å²) in [5.74, 6) is -3.00. The van der Waals surface area contributed by atoms with Crippen molar-refractivity contribution in [3.8, 4) is 0 Å². The van der Waals surface area contributed by atoms with Gasteiger partial charge in [-0.05, 0) is 43.4 Å². The van der Waals surface area contributed by atoms with E-state index in [-0.39, 0.29) is 62.2 Å². The van der Waals surface area contributed by atoms with Gasteiger partial charge in [0.1, 0.15) is 6.04 Å². The first-order valence-electron chi connectivity index (χ1n) is 13.4. The minimum absolute atomic E-state index is 0.0594. The highest BCUT2D eigenvalue weighted by Gasteiger charge is 2.26. The number of fused-ring (bicyclic) bond motifs is 1. The van der Waals surface area contributed by atoms with Crippen molar-refractivity contribution < 1.29 is 24.0 Å². The highest BCUT2D eigenvalue weighted by molar-refractivity contribution is 7.80. The largest absolute Gasteiger partial charge is 0.370 e. The van der Waals surface area contributed by atoms with Gasteiger partial charge in [0.2, 0.25) is 17.7 Å². The van der Waals surface area contributed by atoms with Crippen LogP contribution in [0.3, 0.4) is 0 Å². The molecule has 2 aromatic rings. The molecule has 1 heterocycles. The minimum atomic E-state index is -0.869. The third kappa shape index (κ3) is 11.2. The van der Waals surface area contributed by atoms with Gasteiger partial charge in [-0.3, -0.25) is 33.9 Å². The molecule has 0 bridgehead atoms. The van der Waals surface area contributed by atoms with Gasteiger partial charge in [0.15, 0.2) is 17.5 Å². The number of pyridine rings is 1. The van der Waals surface area contributed by atoms with Crippen LogP contribution in [0.1, 0.15) is 62.7 Å². The number of ketones is 2. The lowest BCUT2D eigenvalue weighted by atomic mass is 9.94. The van der Waals surface area contributed by atoms with E-state index in [1.54, 1.807) is 30.5 Å². The van der Waals surface area contributed by atoms with Crippen LogP contribution in [0.25, 0.3) is 10.9 Å². The summed E-state index contributed by atoms with van der Waals surface area (Å²) in [5, 5.41) is 5.82. The van der Waals surface area contributed by atoms with Crippen LogP contribution >= 0.6 is 12.6 Å². The summed E-state index contributed by atoms with van der Waals surface area (Å²) in [7, 11) is 0. The normalized spacial score (nSPS) is 12.4. The molecule has 0 radical (unpaired) electrons. The van der Waals surface area contributed by atoms with Gasteiger partial charge in [0.25, 0.3) is 0 Å². The Bertz CT molecular complexity index is 1290. The SMILES string of the molecule is CC(C)C[C@H](NC(=O)[C@H](CCCN=C(N)N)CC(=O)CNC(=O)CCC(=O)c1ccc(S)c2ncccc12)C(N)=O. The van der Waals surface area contributed by atoms with E-state index in [2.05, 4.69) is 33.2 Å². The number of amides is 3. The second-order valence-corrected chi connectivity index (χ2v) is 10.7.